The van der Waals surface area contributed by atoms with Crippen LogP contribution in [0.1, 0.15) is 52.9 Å². The molecule has 0 saturated carbocycles. The minimum absolute atomic E-state index is 0.0960. The van der Waals surface area contributed by atoms with Crippen molar-refractivity contribution in [3.8, 4) is 0 Å². The molecule has 0 bridgehead atoms. The van der Waals surface area contributed by atoms with Gasteiger partial charge in [0, 0.05) is 18.1 Å². The van der Waals surface area contributed by atoms with Gasteiger partial charge < -0.3 is 10.6 Å². The van der Waals surface area contributed by atoms with Crippen LogP contribution in [0.3, 0.4) is 0 Å². The van der Waals surface area contributed by atoms with Gasteiger partial charge in [0.25, 0.3) is 11.8 Å². The molecule has 10 heteroatoms. The van der Waals surface area contributed by atoms with E-state index >= 15 is 0 Å². The molecular formula is C18H20ClF3N4O2. The van der Waals surface area contributed by atoms with Crippen LogP contribution in [-0.4, -0.2) is 28.6 Å². The van der Waals surface area contributed by atoms with E-state index in [9.17, 15) is 22.8 Å². The first kappa shape index (κ1) is 21.7. The number of benzene rings is 1. The molecule has 0 unspecified atom stereocenters. The summed E-state index contributed by atoms with van der Waals surface area (Å²) in [5.41, 5.74) is -1.60. The van der Waals surface area contributed by atoms with E-state index in [0.29, 0.717) is 11.6 Å². The Bertz CT molecular complexity index is 930. The van der Waals surface area contributed by atoms with Crippen molar-refractivity contribution in [2.75, 3.05) is 12.4 Å². The van der Waals surface area contributed by atoms with Gasteiger partial charge in [-0.05, 0) is 45.4 Å². The number of aryl methyl sites for hydroxylation is 1. The molecule has 6 nitrogen and oxygen atoms in total. The van der Waals surface area contributed by atoms with Gasteiger partial charge in [-0.25, -0.2) is 0 Å². The predicted octanol–water partition coefficient (Wildman–Crippen LogP) is 4.23. The predicted molar refractivity (Wildman–Crippen MR) is 99.8 cm³/mol. The maximum absolute atomic E-state index is 13.1. The van der Waals surface area contributed by atoms with Gasteiger partial charge >= 0.3 is 6.18 Å². The summed E-state index contributed by atoms with van der Waals surface area (Å²) in [7, 11) is 1.41. The molecule has 0 fully saturated rings. The second kappa shape index (κ2) is 7.46. The van der Waals surface area contributed by atoms with Crippen LogP contribution in [0.25, 0.3) is 0 Å². The van der Waals surface area contributed by atoms with Gasteiger partial charge in [0.05, 0.1) is 16.8 Å². The zero-order valence-electron chi connectivity index (χ0n) is 16.0. The Hall–Kier alpha value is -2.55. The quantitative estimate of drug-likeness (QED) is 0.786. The van der Waals surface area contributed by atoms with E-state index in [4.69, 9.17) is 11.6 Å². The fourth-order valence-electron chi connectivity index (χ4n) is 2.59. The summed E-state index contributed by atoms with van der Waals surface area (Å²) in [6, 6.07) is 3.59. The zero-order chi connectivity index (χ0) is 21.4. The molecule has 0 aliphatic carbocycles. The molecule has 2 aromatic rings. The Kier molecular flexibility index (Phi) is 5.79. The molecule has 0 atom stereocenters. The van der Waals surface area contributed by atoms with Crippen molar-refractivity contribution in [3.05, 3.63) is 45.7 Å². The fraction of sp³-hybridized carbons (Fsp3) is 0.389. The fourth-order valence-corrected chi connectivity index (χ4v) is 2.87. The number of rotatable bonds is 3. The molecule has 28 heavy (non-hydrogen) atoms. The summed E-state index contributed by atoms with van der Waals surface area (Å²) < 4.78 is 40.3. The van der Waals surface area contributed by atoms with Gasteiger partial charge in [0.15, 0.2) is 5.69 Å². The molecule has 2 N–H and O–H groups in total. The first-order chi connectivity index (χ1) is 12.8. The van der Waals surface area contributed by atoms with Crippen LogP contribution in [0.4, 0.5) is 18.9 Å². The van der Waals surface area contributed by atoms with Crippen LogP contribution in [0.5, 0.6) is 0 Å². The lowest BCUT2D eigenvalue weighted by atomic mass is 10.1. The van der Waals surface area contributed by atoms with Crippen LogP contribution in [0.15, 0.2) is 18.2 Å². The average molecular weight is 417 g/mol. The third kappa shape index (κ3) is 4.46. The first-order valence-electron chi connectivity index (χ1n) is 8.27. The van der Waals surface area contributed by atoms with Crippen molar-refractivity contribution in [3.63, 3.8) is 0 Å². The SMILES string of the molecule is CNC(=O)c1cc(Cl)cc(C)c1NC(=O)c1cc(C(F)(F)F)nn1C(C)(C)C. The molecule has 2 amide bonds. The van der Waals surface area contributed by atoms with Crippen LogP contribution in [-0.2, 0) is 11.7 Å². The summed E-state index contributed by atoms with van der Waals surface area (Å²) in [6.45, 7) is 6.50. The lowest BCUT2D eigenvalue weighted by Crippen LogP contribution is -2.30. The average Bonchev–Trinajstić information content (AvgIpc) is 3.02. The highest BCUT2D eigenvalue weighted by atomic mass is 35.5. The van der Waals surface area contributed by atoms with Gasteiger partial charge in [0.1, 0.15) is 5.69 Å². The largest absolute Gasteiger partial charge is 0.435 e. The number of aromatic nitrogens is 2. The number of hydrogen-bond acceptors (Lipinski definition) is 3. The number of amides is 2. The van der Waals surface area contributed by atoms with Crippen LogP contribution in [0, 0.1) is 6.92 Å². The number of carbonyl (C=O) groups excluding carboxylic acids is 2. The first-order valence-corrected chi connectivity index (χ1v) is 8.65. The van der Waals surface area contributed by atoms with Gasteiger partial charge in [-0.2, -0.15) is 18.3 Å². The molecule has 0 spiro atoms. The van der Waals surface area contributed by atoms with Crippen molar-refractivity contribution >= 4 is 29.1 Å². The number of halogens is 4. The van der Waals surface area contributed by atoms with E-state index in [2.05, 4.69) is 15.7 Å². The van der Waals surface area contributed by atoms with Crippen LogP contribution < -0.4 is 10.6 Å². The van der Waals surface area contributed by atoms with Crippen molar-refractivity contribution < 1.29 is 22.8 Å². The third-order valence-corrected chi connectivity index (χ3v) is 4.10. The van der Waals surface area contributed by atoms with Gasteiger partial charge in [-0.15, -0.1) is 0 Å². The highest BCUT2D eigenvalue weighted by molar-refractivity contribution is 6.31. The standard InChI is InChI=1S/C18H20ClF3N4O2/c1-9-6-10(19)7-11(15(27)23-5)14(9)24-16(28)12-8-13(18(20,21)22)25-26(12)17(2,3)4/h6-8H,1-5H3,(H,23,27)(H,24,28). The highest BCUT2D eigenvalue weighted by Gasteiger charge is 2.37. The molecule has 152 valence electrons. The van der Waals surface area contributed by atoms with E-state index in [0.717, 1.165) is 4.68 Å². The molecular weight excluding hydrogens is 397 g/mol. The highest BCUT2D eigenvalue weighted by Crippen LogP contribution is 2.31. The Balaban J connectivity index is 2.55. The van der Waals surface area contributed by atoms with Crippen molar-refractivity contribution in [1.82, 2.24) is 15.1 Å². The topological polar surface area (TPSA) is 76.0 Å². The van der Waals surface area contributed by atoms with Gasteiger partial charge in [0.2, 0.25) is 0 Å². The van der Waals surface area contributed by atoms with Crippen molar-refractivity contribution in [1.29, 1.82) is 0 Å². The van der Waals surface area contributed by atoms with Gasteiger partial charge in [-0.3, -0.25) is 14.3 Å². The number of nitrogens with one attached hydrogen (secondary N) is 2. The van der Waals surface area contributed by atoms with Crippen LogP contribution in [0.2, 0.25) is 5.02 Å². The number of carbonyl (C=O) groups is 2. The number of nitrogens with zero attached hydrogens (tertiary/aromatic N) is 2. The van der Waals surface area contributed by atoms with E-state index in [-0.39, 0.29) is 22.0 Å². The van der Waals surface area contributed by atoms with Gasteiger partial charge in [-0.1, -0.05) is 11.6 Å². The number of anilines is 1. The molecule has 0 aliphatic heterocycles. The Morgan fingerprint density at radius 1 is 1.11 bits per heavy atom. The third-order valence-electron chi connectivity index (χ3n) is 3.88. The van der Waals surface area contributed by atoms with Crippen LogP contribution >= 0.6 is 11.6 Å². The molecule has 0 aliphatic rings. The zero-order valence-corrected chi connectivity index (χ0v) is 16.7. The van der Waals surface area contributed by atoms with E-state index < -0.39 is 29.2 Å². The normalized spacial score (nSPS) is 12.0. The lowest BCUT2D eigenvalue weighted by molar-refractivity contribution is -0.141. The smallest absolute Gasteiger partial charge is 0.355 e. The second-order valence-electron chi connectivity index (χ2n) is 7.17. The van der Waals surface area contributed by atoms with E-state index in [1.807, 2.05) is 0 Å². The molecule has 1 aromatic heterocycles. The summed E-state index contributed by atoms with van der Waals surface area (Å²) >= 11 is 5.98. The molecule has 2 rings (SSSR count). The molecule has 0 saturated heterocycles. The maximum Gasteiger partial charge on any atom is 0.435 e. The second-order valence-corrected chi connectivity index (χ2v) is 7.61. The summed E-state index contributed by atoms with van der Waals surface area (Å²) in [6.07, 6.45) is -4.70. The molecule has 1 heterocycles. The summed E-state index contributed by atoms with van der Waals surface area (Å²) in [5.74, 6) is -1.32. The van der Waals surface area contributed by atoms with E-state index in [1.165, 1.54) is 19.2 Å². The molecule has 1 aromatic carbocycles. The summed E-state index contributed by atoms with van der Waals surface area (Å²) in [4.78, 5) is 24.9. The van der Waals surface area contributed by atoms with Crippen molar-refractivity contribution in [2.45, 2.75) is 39.4 Å². The number of hydrogen-bond donors (Lipinski definition) is 2. The Labute approximate surface area is 165 Å². The summed E-state index contributed by atoms with van der Waals surface area (Å²) in [5, 5.41) is 8.80. The minimum Gasteiger partial charge on any atom is -0.355 e. The Morgan fingerprint density at radius 2 is 1.71 bits per heavy atom. The molecule has 0 radical (unpaired) electrons. The maximum atomic E-state index is 13.1. The van der Waals surface area contributed by atoms with Crippen molar-refractivity contribution in [2.24, 2.45) is 0 Å². The Morgan fingerprint density at radius 3 is 2.21 bits per heavy atom. The monoisotopic (exact) mass is 416 g/mol. The lowest BCUT2D eigenvalue weighted by Gasteiger charge is -2.22. The number of alkyl halides is 3. The van der Waals surface area contributed by atoms with E-state index in [1.54, 1.807) is 27.7 Å². The minimum atomic E-state index is -4.70.